The van der Waals surface area contributed by atoms with E-state index in [1.165, 1.54) is 34.4 Å². The molecule has 0 fully saturated rings. The Morgan fingerprint density at radius 1 is 1.10 bits per heavy atom. The minimum atomic E-state index is -0.194. The van der Waals surface area contributed by atoms with Gasteiger partial charge in [0.05, 0.1) is 0 Å². The van der Waals surface area contributed by atoms with Gasteiger partial charge in [-0.2, -0.15) is 0 Å². The predicted octanol–water partition coefficient (Wildman–Crippen LogP) is 4.14. The number of aryl methyl sites for hydroxylation is 3. The molecule has 0 aromatic heterocycles. The van der Waals surface area contributed by atoms with Crippen LogP contribution in [0.25, 0.3) is 11.5 Å². The first-order valence-electron chi connectivity index (χ1n) is 7.05. The lowest BCUT2D eigenvalue weighted by Gasteiger charge is -2.10. The molecule has 2 aromatic carbocycles. The Morgan fingerprint density at radius 2 is 1.75 bits per heavy atom. The fourth-order valence-corrected chi connectivity index (χ4v) is 2.46. The van der Waals surface area contributed by atoms with Gasteiger partial charge in [0, 0.05) is 0 Å². The second-order valence-electron chi connectivity index (χ2n) is 5.32. The predicted molar refractivity (Wildman–Crippen MR) is 88.1 cm³/mol. The van der Waals surface area contributed by atoms with Crippen LogP contribution in [0.2, 0.25) is 0 Å². The van der Waals surface area contributed by atoms with Gasteiger partial charge in [-0.1, -0.05) is 42.7 Å². The van der Waals surface area contributed by atoms with E-state index < -0.39 is 0 Å². The van der Waals surface area contributed by atoms with Gasteiger partial charge in [-0.25, -0.2) is 4.39 Å². The maximum Gasteiger partial charge on any atom is 0.140 e. The molecule has 20 heavy (non-hydrogen) atoms. The molecule has 2 rings (SSSR count). The quantitative estimate of drug-likeness (QED) is 0.578. The third-order valence-corrected chi connectivity index (χ3v) is 3.78. The van der Waals surface area contributed by atoms with Gasteiger partial charge < -0.3 is 0 Å². The minimum absolute atomic E-state index is 0.194. The summed E-state index contributed by atoms with van der Waals surface area (Å²) in [4.78, 5) is 0. The van der Waals surface area contributed by atoms with Gasteiger partial charge in [-0.3, -0.25) is 0 Å². The number of hydrogen-bond acceptors (Lipinski definition) is 0. The maximum absolute atomic E-state index is 13.0. The molecule has 0 spiro atoms. The Bertz CT molecular complexity index is 639. The van der Waals surface area contributed by atoms with Gasteiger partial charge in [0.25, 0.3) is 0 Å². The third kappa shape index (κ3) is 3.19. The van der Waals surface area contributed by atoms with Crippen LogP contribution >= 0.6 is 0 Å². The van der Waals surface area contributed by atoms with Crippen molar-refractivity contribution in [2.75, 3.05) is 0 Å². The van der Waals surface area contributed by atoms with Crippen LogP contribution in [0.1, 0.15) is 34.7 Å². The largest absolute Gasteiger partial charge is 0.207 e. The summed E-state index contributed by atoms with van der Waals surface area (Å²) in [7, 11) is 2.07. The molecule has 2 heteroatoms. The van der Waals surface area contributed by atoms with Gasteiger partial charge in [0.2, 0.25) is 0 Å². The molecule has 0 nitrogen and oxygen atoms in total. The van der Waals surface area contributed by atoms with Gasteiger partial charge in [0.1, 0.15) is 13.7 Å². The second kappa shape index (κ2) is 6.08. The van der Waals surface area contributed by atoms with Gasteiger partial charge in [0.15, 0.2) is 0 Å². The zero-order valence-electron chi connectivity index (χ0n) is 12.6. The lowest BCUT2D eigenvalue weighted by Crippen LogP contribution is -1.92. The van der Waals surface area contributed by atoms with Gasteiger partial charge >= 0.3 is 0 Å². The zero-order chi connectivity index (χ0) is 14.7. The van der Waals surface area contributed by atoms with E-state index in [2.05, 4.69) is 46.8 Å². The van der Waals surface area contributed by atoms with Crippen molar-refractivity contribution >= 4 is 19.4 Å². The lowest BCUT2D eigenvalue weighted by atomic mass is 9.85. The molecule has 0 saturated heterocycles. The standard InChI is InChI=1S/C18H20BF/c1-4-14-9-13(3)16(10-12(14)2)11-18(19)15-5-7-17(20)8-6-15/h5-11H,4,19H2,1-3H3/b18-11+. The third-order valence-electron chi connectivity index (χ3n) is 3.78. The van der Waals surface area contributed by atoms with Gasteiger partial charge in [-0.05, 0) is 60.2 Å². The molecule has 0 heterocycles. The van der Waals surface area contributed by atoms with E-state index in [1.54, 1.807) is 0 Å². The number of benzene rings is 2. The summed E-state index contributed by atoms with van der Waals surface area (Å²) in [5, 5.41) is 0. The summed E-state index contributed by atoms with van der Waals surface area (Å²) >= 11 is 0. The molecule has 2 aromatic rings. The summed E-state index contributed by atoms with van der Waals surface area (Å²) in [5.41, 5.74) is 7.46. The monoisotopic (exact) mass is 266 g/mol. The van der Waals surface area contributed by atoms with Crippen LogP contribution in [0.3, 0.4) is 0 Å². The minimum Gasteiger partial charge on any atom is -0.207 e. The summed E-state index contributed by atoms with van der Waals surface area (Å²) in [6.07, 6.45) is 3.24. The number of halogens is 1. The fraction of sp³-hybridized carbons (Fsp3) is 0.222. The second-order valence-corrected chi connectivity index (χ2v) is 5.32. The molecular formula is C18H20BF. The molecule has 0 N–H and O–H groups in total. The average molecular weight is 266 g/mol. The van der Waals surface area contributed by atoms with Crippen molar-refractivity contribution in [1.29, 1.82) is 0 Å². The highest BCUT2D eigenvalue weighted by atomic mass is 19.1. The average Bonchev–Trinajstić information content (AvgIpc) is 2.43. The summed E-state index contributed by atoms with van der Waals surface area (Å²) in [5.74, 6) is -0.194. The van der Waals surface area contributed by atoms with Crippen LogP contribution in [-0.2, 0) is 6.42 Å². The molecule has 0 saturated carbocycles. The van der Waals surface area contributed by atoms with E-state index in [9.17, 15) is 4.39 Å². The molecule has 0 aliphatic carbocycles. The van der Waals surface area contributed by atoms with Crippen molar-refractivity contribution < 1.29 is 4.39 Å². The molecule has 0 aliphatic rings. The summed E-state index contributed by atoms with van der Waals surface area (Å²) in [6.45, 7) is 6.48. The van der Waals surface area contributed by atoms with E-state index in [0.717, 1.165) is 17.5 Å². The molecule has 0 atom stereocenters. The van der Waals surface area contributed by atoms with E-state index >= 15 is 0 Å². The normalized spacial score (nSPS) is 11.7. The summed E-state index contributed by atoms with van der Waals surface area (Å²) < 4.78 is 13.0. The Balaban J connectivity index is 2.39. The first kappa shape index (κ1) is 14.6. The Labute approximate surface area is 121 Å². The first-order chi connectivity index (χ1) is 9.51. The maximum atomic E-state index is 13.0. The molecule has 0 radical (unpaired) electrons. The van der Waals surface area contributed by atoms with Crippen molar-refractivity contribution in [2.24, 2.45) is 0 Å². The SMILES string of the molecule is B/C(=C/c1cc(C)c(CC)cc1C)c1ccc(F)cc1. The molecule has 0 bridgehead atoms. The highest BCUT2D eigenvalue weighted by molar-refractivity contribution is 6.45. The van der Waals surface area contributed by atoms with Crippen molar-refractivity contribution in [1.82, 2.24) is 0 Å². The highest BCUT2D eigenvalue weighted by Gasteiger charge is 2.03. The van der Waals surface area contributed by atoms with E-state index in [4.69, 9.17) is 0 Å². The number of rotatable bonds is 3. The van der Waals surface area contributed by atoms with E-state index in [0.29, 0.717) is 0 Å². The zero-order valence-corrected chi connectivity index (χ0v) is 12.6. The number of hydrogen-bond donors (Lipinski definition) is 0. The van der Waals surface area contributed by atoms with Gasteiger partial charge in [-0.15, -0.1) is 0 Å². The fourth-order valence-electron chi connectivity index (χ4n) is 2.46. The van der Waals surface area contributed by atoms with Crippen LogP contribution in [0, 0.1) is 19.7 Å². The first-order valence-corrected chi connectivity index (χ1v) is 7.05. The van der Waals surface area contributed by atoms with Crippen LogP contribution in [0.15, 0.2) is 36.4 Å². The Hall–Kier alpha value is -1.83. The van der Waals surface area contributed by atoms with Crippen LogP contribution in [0.4, 0.5) is 4.39 Å². The van der Waals surface area contributed by atoms with E-state index in [1.807, 2.05) is 12.1 Å². The topological polar surface area (TPSA) is 0 Å². The van der Waals surface area contributed by atoms with Crippen LogP contribution < -0.4 is 0 Å². The highest BCUT2D eigenvalue weighted by Crippen LogP contribution is 2.21. The van der Waals surface area contributed by atoms with E-state index in [-0.39, 0.29) is 5.82 Å². The molecule has 0 unspecified atom stereocenters. The van der Waals surface area contributed by atoms with Crippen molar-refractivity contribution in [3.63, 3.8) is 0 Å². The summed E-state index contributed by atoms with van der Waals surface area (Å²) in [6, 6.07) is 11.2. The Kier molecular flexibility index (Phi) is 4.44. The van der Waals surface area contributed by atoms with Crippen molar-refractivity contribution in [3.8, 4) is 0 Å². The smallest absolute Gasteiger partial charge is 0.140 e. The molecule has 102 valence electrons. The van der Waals surface area contributed by atoms with Crippen LogP contribution in [0.5, 0.6) is 0 Å². The molecule has 0 aliphatic heterocycles. The lowest BCUT2D eigenvalue weighted by molar-refractivity contribution is 0.628. The molecular weight excluding hydrogens is 246 g/mol. The molecule has 0 amide bonds. The van der Waals surface area contributed by atoms with Crippen molar-refractivity contribution in [3.05, 3.63) is 70.0 Å². The van der Waals surface area contributed by atoms with Crippen LogP contribution in [-0.4, -0.2) is 7.85 Å². The Morgan fingerprint density at radius 3 is 2.35 bits per heavy atom. The van der Waals surface area contributed by atoms with Crippen molar-refractivity contribution in [2.45, 2.75) is 27.2 Å².